The fourth-order valence-electron chi connectivity index (χ4n) is 2.82. The number of rotatable bonds is 3. The van der Waals surface area contributed by atoms with Crippen LogP contribution in [0.5, 0.6) is 0 Å². The Balaban J connectivity index is 1.92. The summed E-state index contributed by atoms with van der Waals surface area (Å²) in [6, 6.07) is 8.79. The van der Waals surface area contributed by atoms with Crippen LogP contribution in [0.4, 0.5) is 0 Å². The molecule has 0 aliphatic carbocycles. The normalized spacial score (nSPS) is 21.4. The first-order valence-electron chi connectivity index (χ1n) is 6.57. The number of hydrogen-bond acceptors (Lipinski definition) is 2. The molecular weight excluding hydrogens is 210 g/mol. The molecule has 1 saturated heterocycles. The number of likely N-dealkylation sites (tertiary alicyclic amines) is 1. The molecule has 0 amide bonds. The van der Waals surface area contributed by atoms with E-state index < -0.39 is 0 Å². The first-order chi connectivity index (χ1) is 8.38. The summed E-state index contributed by atoms with van der Waals surface area (Å²) in [5, 5.41) is 0. The Morgan fingerprint density at radius 1 is 1.41 bits per heavy atom. The van der Waals surface area contributed by atoms with E-state index in [1.54, 1.807) is 0 Å². The summed E-state index contributed by atoms with van der Waals surface area (Å²) in [5.41, 5.74) is 2.25. The van der Waals surface area contributed by atoms with Crippen molar-refractivity contribution >= 4 is 11.0 Å². The molecule has 0 radical (unpaired) electrons. The summed E-state index contributed by atoms with van der Waals surface area (Å²) in [4.78, 5) is 10.8. The fraction of sp³-hybridized carbons (Fsp3) is 0.500. The molecule has 1 aliphatic heterocycles. The molecule has 17 heavy (non-hydrogen) atoms. The molecule has 3 nitrogen and oxygen atoms in total. The standard InChI is InChI=1S/C14H19N3/c1-2-9-17-10-5-8-13(17)14-15-11-6-3-4-7-12(11)16-14/h3-4,6-7,13H,2,5,8-10H2,1H3,(H,15,16)/t13-/m0/s1. The summed E-state index contributed by atoms with van der Waals surface area (Å²) in [5.74, 6) is 1.15. The maximum Gasteiger partial charge on any atom is 0.124 e. The molecule has 90 valence electrons. The van der Waals surface area contributed by atoms with Crippen LogP contribution in [0.1, 0.15) is 38.1 Å². The average Bonchev–Trinajstić information content (AvgIpc) is 2.94. The maximum absolute atomic E-state index is 4.73. The van der Waals surface area contributed by atoms with Crippen molar-refractivity contribution in [3.63, 3.8) is 0 Å². The molecule has 0 bridgehead atoms. The van der Waals surface area contributed by atoms with Gasteiger partial charge in [0.25, 0.3) is 0 Å². The second-order valence-corrected chi connectivity index (χ2v) is 4.83. The van der Waals surface area contributed by atoms with Crippen LogP contribution < -0.4 is 0 Å². The van der Waals surface area contributed by atoms with Gasteiger partial charge < -0.3 is 4.98 Å². The summed E-state index contributed by atoms with van der Waals surface area (Å²) in [7, 11) is 0. The van der Waals surface area contributed by atoms with Gasteiger partial charge in [-0.25, -0.2) is 4.98 Å². The summed E-state index contributed by atoms with van der Waals surface area (Å²) in [6.07, 6.45) is 3.75. The molecule has 1 aromatic carbocycles. The highest BCUT2D eigenvalue weighted by Crippen LogP contribution is 2.31. The third-order valence-electron chi connectivity index (χ3n) is 3.60. The quantitative estimate of drug-likeness (QED) is 0.877. The average molecular weight is 229 g/mol. The predicted molar refractivity (Wildman–Crippen MR) is 69.9 cm³/mol. The van der Waals surface area contributed by atoms with Crippen molar-refractivity contribution in [1.29, 1.82) is 0 Å². The van der Waals surface area contributed by atoms with E-state index in [1.807, 2.05) is 6.07 Å². The zero-order valence-corrected chi connectivity index (χ0v) is 10.3. The Bertz CT molecular complexity index is 470. The first-order valence-corrected chi connectivity index (χ1v) is 6.57. The molecule has 0 saturated carbocycles. The zero-order valence-electron chi connectivity index (χ0n) is 10.3. The van der Waals surface area contributed by atoms with Gasteiger partial charge in [-0.15, -0.1) is 0 Å². The van der Waals surface area contributed by atoms with Gasteiger partial charge in [-0.05, 0) is 44.5 Å². The van der Waals surface area contributed by atoms with Crippen LogP contribution in [0.25, 0.3) is 11.0 Å². The van der Waals surface area contributed by atoms with Gasteiger partial charge in [-0.3, -0.25) is 4.90 Å². The van der Waals surface area contributed by atoms with Gasteiger partial charge in [0.15, 0.2) is 0 Å². The summed E-state index contributed by atoms with van der Waals surface area (Å²) < 4.78 is 0. The lowest BCUT2D eigenvalue weighted by Crippen LogP contribution is -2.24. The van der Waals surface area contributed by atoms with Crippen LogP contribution in [-0.4, -0.2) is 28.0 Å². The molecule has 1 aliphatic rings. The number of fused-ring (bicyclic) bond motifs is 1. The van der Waals surface area contributed by atoms with Crippen molar-refractivity contribution in [2.75, 3.05) is 13.1 Å². The van der Waals surface area contributed by atoms with Crippen molar-refractivity contribution in [2.24, 2.45) is 0 Å². The lowest BCUT2D eigenvalue weighted by atomic mass is 10.2. The minimum Gasteiger partial charge on any atom is -0.341 e. The highest BCUT2D eigenvalue weighted by Gasteiger charge is 2.27. The lowest BCUT2D eigenvalue weighted by molar-refractivity contribution is 0.250. The number of aromatic amines is 1. The number of nitrogens with one attached hydrogen (secondary N) is 1. The van der Waals surface area contributed by atoms with E-state index in [9.17, 15) is 0 Å². The molecule has 2 aromatic rings. The van der Waals surface area contributed by atoms with Gasteiger partial charge in [0.2, 0.25) is 0 Å². The largest absolute Gasteiger partial charge is 0.341 e. The number of para-hydroxylation sites is 2. The van der Waals surface area contributed by atoms with Crippen LogP contribution in [0.3, 0.4) is 0 Å². The van der Waals surface area contributed by atoms with Crippen molar-refractivity contribution in [3.8, 4) is 0 Å². The van der Waals surface area contributed by atoms with Crippen LogP contribution >= 0.6 is 0 Å². The highest BCUT2D eigenvalue weighted by molar-refractivity contribution is 5.74. The molecule has 1 atom stereocenters. The third kappa shape index (κ3) is 1.95. The van der Waals surface area contributed by atoms with Crippen LogP contribution in [-0.2, 0) is 0 Å². The molecule has 0 spiro atoms. The van der Waals surface area contributed by atoms with Crippen molar-refractivity contribution < 1.29 is 0 Å². The Morgan fingerprint density at radius 2 is 2.29 bits per heavy atom. The number of hydrogen-bond donors (Lipinski definition) is 1. The van der Waals surface area contributed by atoms with Crippen molar-refractivity contribution in [1.82, 2.24) is 14.9 Å². The van der Waals surface area contributed by atoms with Gasteiger partial charge in [0.05, 0.1) is 17.1 Å². The molecule has 3 heteroatoms. The third-order valence-corrected chi connectivity index (χ3v) is 3.60. The number of H-pyrrole nitrogens is 1. The van der Waals surface area contributed by atoms with E-state index in [0.717, 1.165) is 16.9 Å². The van der Waals surface area contributed by atoms with Crippen LogP contribution in [0.2, 0.25) is 0 Å². The van der Waals surface area contributed by atoms with E-state index in [1.165, 1.54) is 32.4 Å². The smallest absolute Gasteiger partial charge is 0.124 e. The molecule has 2 heterocycles. The monoisotopic (exact) mass is 229 g/mol. The highest BCUT2D eigenvalue weighted by atomic mass is 15.2. The van der Waals surface area contributed by atoms with Crippen LogP contribution in [0.15, 0.2) is 24.3 Å². The molecule has 3 rings (SSSR count). The molecular formula is C14H19N3. The number of imidazole rings is 1. The van der Waals surface area contributed by atoms with E-state index >= 15 is 0 Å². The number of aromatic nitrogens is 2. The van der Waals surface area contributed by atoms with E-state index in [-0.39, 0.29) is 0 Å². The molecule has 1 aromatic heterocycles. The summed E-state index contributed by atoms with van der Waals surface area (Å²) in [6.45, 7) is 4.64. The fourth-order valence-corrected chi connectivity index (χ4v) is 2.82. The van der Waals surface area contributed by atoms with Gasteiger partial charge in [-0.1, -0.05) is 19.1 Å². The van der Waals surface area contributed by atoms with Gasteiger partial charge >= 0.3 is 0 Å². The SMILES string of the molecule is CCCN1CCC[C@H]1c1nc2ccccc2[nH]1. The maximum atomic E-state index is 4.73. The van der Waals surface area contributed by atoms with Gasteiger partial charge in [0.1, 0.15) is 5.82 Å². The van der Waals surface area contributed by atoms with Crippen LogP contribution in [0, 0.1) is 0 Å². The van der Waals surface area contributed by atoms with E-state index in [4.69, 9.17) is 4.98 Å². The molecule has 1 fully saturated rings. The first kappa shape index (κ1) is 10.8. The minimum absolute atomic E-state index is 0.502. The number of benzene rings is 1. The van der Waals surface area contributed by atoms with Crippen molar-refractivity contribution in [3.05, 3.63) is 30.1 Å². The molecule has 0 unspecified atom stereocenters. The van der Waals surface area contributed by atoms with Gasteiger partial charge in [-0.2, -0.15) is 0 Å². The second kappa shape index (κ2) is 4.49. The zero-order chi connectivity index (χ0) is 11.7. The molecule has 1 N–H and O–H groups in total. The van der Waals surface area contributed by atoms with Gasteiger partial charge in [0, 0.05) is 0 Å². The lowest BCUT2D eigenvalue weighted by Gasteiger charge is -2.21. The number of nitrogens with zero attached hydrogens (tertiary/aromatic N) is 2. The Hall–Kier alpha value is -1.35. The minimum atomic E-state index is 0.502. The van der Waals surface area contributed by atoms with Crippen molar-refractivity contribution in [2.45, 2.75) is 32.2 Å². The Morgan fingerprint density at radius 3 is 3.12 bits per heavy atom. The topological polar surface area (TPSA) is 31.9 Å². The van der Waals surface area contributed by atoms with E-state index in [0.29, 0.717) is 6.04 Å². The Labute approximate surface area is 102 Å². The Kier molecular flexibility index (Phi) is 2.85. The summed E-state index contributed by atoms with van der Waals surface area (Å²) >= 11 is 0. The second-order valence-electron chi connectivity index (χ2n) is 4.83. The predicted octanol–water partition coefficient (Wildman–Crippen LogP) is 3.11. The van der Waals surface area contributed by atoms with E-state index in [2.05, 4.69) is 35.0 Å².